The lowest BCUT2D eigenvalue weighted by Gasteiger charge is -2.18. The second kappa shape index (κ2) is 3.72. The van der Waals surface area contributed by atoms with Crippen molar-refractivity contribution in [3.05, 3.63) is 24.4 Å². The summed E-state index contributed by atoms with van der Waals surface area (Å²) in [6.45, 7) is 6.48. The molecule has 0 radical (unpaired) electrons. The summed E-state index contributed by atoms with van der Waals surface area (Å²) in [4.78, 5) is 1.09. The van der Waals surface area contributed by atoms with Gasteiger partial charge in [0.1, 0.15) is 10.6 Å². The molecule has 0 atom stereocenters. The Morgan fingerprint density at radius 1 is 1.22 bits per heavy atom. The normalized spacial score (nSPS) is 12.4. The van der Waals surface area contributed by atoms with Crippen LogP contribution in [0.2, 0.25) is 0 Å². The molecule has 18 heavy (non-hydrogen) atoms. The van der Waals surface area contributed by atoms with E-state index >= 15 is 0 Å². The molecule has 0 aliphatic carbocycles. The molecule has 0 fully saturated rings. The molecule has 3 nitrogen and oxygen atoms in total. The molecular weight excluding hydrogens is 244 g/mol. The van der Waals surface area contributed by atoms with E-state index in [9.17, 15) is 0 Å². The van der Waals surface area contributed by atoms with Crippen LogP contribution in [0, 0.1) is 0 Å². The van der Waals surface area contributed by atoms with Crippen LogP contribution in [0.15, 0.2) is 24.4 Å². The molecule has 2 aromatic heterocycles. The zero-order valence-electron chi connectivity index (χ0n) is 11.0. The lowest BCUT2D eigenvalue weighted by atomic mass is 10.1. The summed E-state index contributed by atoms with van der Waals surface area (Å²) in [6.07, 6.45) is 2.13. The number of hydrogen-bond acceptors (Lipinski definition) is 3. The van der Waals surface area contributed by atoms with Gasteiger partial charge in [0, 0.05) is 21.7 Å². The summed E-state index contributed by atoms with van der Waals surface area (Å²) < 4.78 is 8.59. The fourth-order valence-corrected chi connectivity index (χ4v) is 3.03. The summed E-state index contributed by atoms with van der Waals surface area (Å²) in [5.41, 5.74) is 0.0178. The smallest absolute Gasteiger partial charge is 0.146 e. The maximum absolute atomic E-state index is 5.29. The van der Waals surface area contributed by atoms with Crippen LogP contribution in [0.25, 0.3) is 20.3 Å². The first-order chi connectivity index (χ1) is 8.49. The third-order valence-electron chi connectivity index (χ3n) is 3.05. The van der Waals surface area contributed by atoms with E-state index in [-0.39, 0.29) is 5.54 Å². The van der Waals surface area contributed by atoms with Gasteiger partial charge < -0.3 is 4.74 Å². The highest BCUT2D eigenvalue weighted by Gasteiger charge is 2.17. The highest BCUT2D eigenvalue weighted by atomic mass is 32.1. The van der Waals surface area contributed by atoms with Crippen molar-refractivity contribution < 1.29 is 4.74 Å². The molecule has 0 N–H and O–H groups in total. The average Bonchev–Trinajstić information content (AvgIpc) is 2.84. The van der Waals surface area contributed by atoms with Crippen molar-refractivity contribution in [1.82, 2.24) is 9.78 Å². The summed E-state index contributed by atoms with van der Waals surface area (Å²) in [5, 5.41) is 7.11. The Kier molecular flexibility index (Phi) is 2.38. The SMILES string of the molecule is COc1ccc2sc3nn(C(C)(C)C)cc3c2c1. The second-order valence-corrected chi connectivity index (χ2v) is 6.46. The number of hydrogen-bond donors (Lipinski definition) is 0. The molecule has 0 saturated carbocycles. The largest absolute Gasteiger partial charge is 0.497 e. The molecule has 0 saturated heterocycles. The number of fused-ring (bicyclic) bond motifs is 3. The van der Waals surface area contributed by atoms with E-state index in [0.29, 0.717) is 0 Å². The van der Waals surface area contributed by atoms with Crippen LogP contribution in [0.5, 0.6) is 5.75 Å². The Morgan fingerprint density at radius 2 is 2.00 bits per heavy atom. The van der Waals surface area contributed by atoms with E-state index in [1.165, 1.54) is 15.5 Å². The van der Waals surface area contributed by atoms with Crippen LogP contribution in [-0.2, 0) is 5.54 Å². The summed E-state index contributed by atoms with van der Waals surface area (Å²) in [7, 11) is 1.70. The maximum Gasteiger partial charge on any atom is 0.146 e. The summed E-state index contributed by atoms with van der Waals surface area (Å²) in [6, 6.07) is 6.18. The third kappa shape index (κ3) is 1.68. The summed E-state index contributed by atoms with van der Waals surface area (Å²) >= 11 is 1.73. The van der Waals surface area contributed by atoms with Gasteiger partial charge >= 0.3 is 0 Å². The number of methoxy groups -OCH3 is 1. The molecule has 94 valence electrons. The predicted molar refractivity (Wildman–Crippen MR) is 76.7 cm³/mol. The first kappa shape index (κ1) is 11.5. The molecule has 0 bridgehead atoms. The topological polar surface area (TPSA) is 27.1 Å². The van der Waals surface area contributed by atoms with Crippen LogP contribution in [-0.4, -0.2) is 16.9 Å². The van der Waals surface area contributed by atoms with Crippen molar-refractivity contribution in [1.29, 1.82) is 0 Å². The minimum Gasteiger partial charge on any atom is -0.497 e. The number of aromatic nitrogens is 2. The Labute approximate surface area is 110 Å². The van der Waals surface area contributed by atoms with Gasteiger partial charge in [-0.05, 0) is 39.0 Å². The molecule has 0 aliphatic rings. The Balaban J connectivity index is 2.29. The van der Waals surface area contributed by atoms with E-state index in [1.807, 2.05) is 10.7 Å². The highest BCUT2D eigenvalue weighted by molar-refractivity contribution is 7.25. The average molecular weight is 260 g/mol. The van der Waals surface area contributed by atoms with Crippen LogP contribution >= 0.6 is 11.3 Å². The minimum absolute atomic E-state index is 0.0178. The van der Waals surface area contributed by atoms with E-state index in [1.54, 1.807) is 18.4 Å². The van der Waals surface area contributed by atoms with Crippen LogP contribution in [0.4, 0.5) is 0 Å². The number of benzene rings is 1. The summed E-state index contributed by atoms with van der Waals surface area (Å²) in [5.74, 6) is 0.894. The Bertz CT molecular complexity index is 718. The molecule has 0 unspecified atom stereocenters. The molecule has 4 heteroatoms. The minimum atomic E-state index is 0.0178. The number of thiophene rings is 1. The fraction of sp³-hybridized carbons (Fsp3) is 0.357. The molecule has 3 rings (SSSR count). The quantitative estimate of drug-likeness (QED) is 0.661. The van der Waals surface area contributed by atoms with Crippen LogP contribution in [0.3, 0.4) is 0 Å². The van der Waals surface area contributed by atoms with Crippen LogP contribution < -0.4 is 4.74 Å². The van der Waals surface area contributed by atoms with Gasteiger partial charge in [0.25, 0.3) is 0 Å². The molecule has 0 amide bonds. The molecule has 0 aliphatic heterocycles. The van der Waals surface area contributed by atoms with Crippen molar-refractivity contribution in [3.63, 3.8) is 0 Å². The van der Waals surface area contributed by atoms with Gasteiger partial charge in [-0.1, -0.05) is 0 Å². The van der Waals surface area contributed by atoms with Gasteiger partial charge in [0.2, 0.25) is 0 Å². The number of ether oxygens (including phenoxy) is 1. The van der Waals surface area contributed by atoms with E-state index in [4.69, 9.17) is 4.74 Å². The van der Waals surface area contributed by atoms with Gasteiger partial charge in [-0.2, -0.15) is 5.10 Å². The maximum atomic E-state index is 5.29. The monoisotopic (exact) mass is 260 g/mol. The van der Waals surface area contributed by atoms with Gasteiger partial charge in [0.05, 0.1) is 12.6 Å². The van der Waals surface area contributed by atoms with Crippen molar-refractivity contribution >= 4 is 31.6 Å². The molecule has 1 aromatic carbocycles. The number of nitrogens with zero attached hydrogens (tertiary/aromatic N) is 2. The zero-order valence-corrected chi connectivity index (χ0v) is 11.8. The van der Waals surface area contributed by atoms with Gasteiger partial charge in [-0.15, -0.1) is 11.3 Å². The van der Waals surface area contributed by atoms with E-state index < -0.39 is 0 Å². The van der Waals surface area contributed by atoms with Crippen molar-refractivity contribution in [2.75, 3.05) is 7.11 Å². The van der Waals surface area contributed by atoms with Crippen molar-refractivity contribution in [2.45, 2.75) is 26.3 Å². The number of rotatable bonds is 1. The molecule has 3 aromatic rings. The lowest BCUT2D eigenvalue weighted by Crippen LogP contribution is -2.21. The fourth-order valence-electron chi connectivity index (χ4n) is 2.00. The van der Waals surface area contributed by atoms with Gasteiger partial charge in [0.15, 0.2) is 0 Å². The van der Waals surface area contributed by atoms with Crippen molar-refractivity contribution in [3.8, 4) is 5.75 Å². The molecule has 2 heterocycles. The third-order valence-corrected chi connectivity index (χ3v) is 4.12. The first-order valence-corrected chi connectivity index (χ1v) is 6.77. The van der Waals surface area contributed by atoms with Crippen molar-refractivity contribution in [2.24, 2.45) is 0 Å². The van der Waals surface area contributed by atoms with Gasteiger partial charge in [-0.3, -0.25) is 4.68 Å². The van der Waals surface area contributed by atoms with Gasteiger partial charge in [-0.25, -0.2) is 0 Å². The predicted octanol–water partition coefficient (Wildman–Crippen LogP) is 4.01. The first-order valence-electron chi connectivity index (χ1n) is 5.95. The van der Waals surface area contributed by atoms with E-state index in [2.05, 4.69) is 44.2 Å². The highest BCUT2D eigenvalue weighted by Crippen LogP contribution is 2.36. The van der Waals surface area contributed by atoms with E-state index in [0.717, 1.165) is 10.6 Å². The lowest BCUT2D eigenvalue weighted by molar-refractivity contribution is 0.358. The van der Waals surface area contributed by atoms with Crippen LogP contribution in [0.1, 0.15) is 20.8 Å². The Hall–Kier alpha value is -1.55. The zero-order chi connectivity index (χ0) is 12.9. The standard InChI is InChI=1S/C14H16N2OS/c1-14(2,3)16-8-11-10-7-9(17-4)5-6-12(10)18-13(11)15-16/h5-8H,1-4H3. The Morgan fingerprint density at radius 3 is 2.67 bits per heavy atom. The molecule has 0 spiro atoms. The second-order valence-electron chi connectivity index (χ2n) is 5.43. The molecular formula is C14H16N2OS.